The van der Waals surface area contributed by atoms with Gasteiger partial charge in [0.05, 0.1) is 19.5 Å². The van der Waals surface area contributed by atoms with Crippen LogP contribution in [-0.4, -0.2) is 73.0 Å². The van der Waals surface area contributed by atoms with Crippen molar-refractivity contribution in [2.24, 2.45) is 0 Å². The lowest BCUT2D eigenvalue weighted by Crippen LogP contribution is -2.49. The number of hydrogen-bond donors (Lipinski definition) is 4. The second kappa shape index (κ2) is 5.41. The molecule has 2 unspecified atom stereocenters. The Kier molecular flexibility index (Phi) is 3.70. The summed E-state index contributed by atoms with van der Waals surface area (Å²) in [6.07, 6.45) is -0.967. The molecule has 0 spiro atoms. The molecule has 1 aliphatic heterocycles. The molecule has 1 saturated heterocycles. The van der Waals surface area contributed by atoms with Crippen molar-refractivity contribution in [1.82, 2.24) is 19.5 Å². The van der Waals surface area contributed by atoms with E-state index in [-0.39, 0.29) is 12.4 Å². The van der Waals surface area contributed by atoms with Crippen LogP contribution >= 0.6 is 0 Å². The molecule has 3 rings (SSSR count). The zero-order valence-electron chi connectivity index (χ0n) is 11.8. The maximum Gasteiger partial charge on any atom is 0.167 e. The molecule has 3 heterocycles. The van der Waals surface area contributed by atoms with Gasteiger partial charge in [0.25, 0.3) is 0 Å². The average Bonchev–Trinajstić information content (AvgIpc) is 3.04. The van der Waals surface area contributed by atoms with E-state index in [1.54, 1.807) is 0 Å². The Balaban J connectivity index is 2.02. The molecule has 10 nitrogen and oxygen atoms in total. The minimum absolute atomic E-state index is 0.0814. The number of imidazole rings is 1. The van der Waals surface area contributed by atoms with Crippen molar-refractivity contribution in [1.29, 1.82) is 0 Å². The molecule has 120 valence electrons. The molecule has 1 fully saturated rings. The Hall–Kier alpha value is -1.85. The van der Waals surface area contributed by atoms with E-state index in [4.69, 9.17) is 15.2 Å². The number of aliphatic hydroxyl groups is 3. The van der Waals surface area contributed by atoms with Crippen molar-refractivity contribution < 1.29 is 24.8 Å². The number of methoxy groups -OCH3 is 1. The van der Waals surface area contributed by atoms with E-state index in [0.717, 1.165) is 0 Å². The van der Waals surface area contributed by atoms with Crippen LogP contribution in [0.4, 0.5) is 5.82 Å². The summed E-state index contributed by atoms with van der Waals surface area (Å²) in [4.78, 5) is 12.0. The van der Waals surface area contributed by atoms with E-state index >= 15 is 0 Å². The van der Waals surface area contributed by atoms with E-state index in [1.165, 1.54) is 24.3 Å². The van der Waals surface area contributed by atoms with E-state index in [1.807, 2.05) is 0 Å². The van der Waals surface area contributed by atoms with Gasteiger partial charge in [0.2, 0.25) is 0 Å². The van der Waals surface area contributed by atoms with Crippen molar-refractivity contribution in [2.75, 3.05) is 26.1 Å². The molecule has 0 radical (unpaired) electrons. The standard InChI is InChI=1S/C12H17N5O5/c1-21-3-12(2-18)8(20)7(19)11(22-12)17-5-16-6-9(13)14-4-15-10(6)17/h4-5,7-8,11,18-20H,2-3H2,1H3,(H2,13,14,15)/t7?,8?,11-,12+/m1/s1. The molecular formula is C12H17N5O5. The fourth-order valence-electron chi connectivity index (χ4n) is 2.66. The van der Waals surface area contributed by atoms with Gasteiger partial charge in [-0.2, -0.15) is 0 Å². The number of aliphatic hydroxyl groups excluding tert-OH is 3. The zero-order valence-corrected chi connectivity index (χ0v) is 11.8. The van der Waals surface area contributed by atoms with E-state index < -0.39 is 30.6 Å². The summed E-state index contributed by atoms with van der Waals surface area (Å²) < 4.78 is 12.1. The van der Waals surface area contributed by atoms with Gasteiger partial charge < -0.3 is 30.5 Å². The molecule has 0 aromatic carbocycles. The van der Waals surface area contributed by atoms with Crippen molar-refractivity contribution >= 4 is 17.0 Å². The van der Waals surface area contributed by atoms with Gasteiger partial charge in [-0.1, -0.05) is 0 Å². The third-order valence-corrected chi connectivity index (χ3v) is 3.83. The third-order valence-electron chi connectivity index (χ3n) is 3.83. The lowest BCUT2D eigenvalue weighted by molar-refractivity contribution is -0.154. The SMILES string of the molecule is COC[C@]1(CO)O[C@@H](n2cnc3c(N)ncnc32)C(O)C1O. The van der Waals surface area contributed by atoms with Crippen molar-refractivity contribution in [3.05, 3.63) is 12.7 Å². The topological polar surface area (TPSA) is 149 Å². The molecule has 5 N–H and O–H groups in total. The summed E-state index contributed by atoms with van der Waals surface area (Å²) in [6.45, 7) is -0.596. The van der Waals surface area contributed by atoms with Crippen LogP contribution in [-0.2, 0) is 9.47 Å². The zero-order chi connectivity index (χ0) is 15.9. The number of hydrogen-bond acceptors (Lipinski definition) is 9. The van der Waals surface area contributed by atoms with Gasteiger partial charge >= 0.3 is 0 Å². The number of nitrogen functional groups attached to an aromatic ring is 1. The van der Waals surface area contributed by atoms with Crippen LogP contribution in [0.15, 0.2) is 12.7 Å². The minimum Gasteiger partial charge on any atom is -0.393 e. The van der Waals surface area contributed by atoms with Gasteiger partial charge in [-0.25, -0.2) is 15.0 Å². The Labute approximate surface area is 125 Å². The summed E-state index contributed by atoms with van der Waals surface area (Å²) in [6, 6.07) is 0. The second-order valence-electron chi connectivity index (χ2n) is 5.18. The Morgan fingerprint density at radius 1 is 1.41 bits per heavy atom. The van der Waals surface area contributed by atoms with Gasteiger partial charge in [-0.05, 0) is 0 Å². The average molecular weight is 311 g/mol. The molecular weight excluding hydrogens is 294 g/mol. The molecule has 1 aliphatic rings. The number of anilines is 1. The van der Waals surface area contributed by atoms with Gasteiger partial charge in [0, 0.05) is 7.11 Å². The fourth-order valence-corrected chi connectivity index (χ4v) is 2.66. The van der Waals surface area contributed by atoms with Crippen LogP contribution in [0.5, 0.6) is 0 Å². The summed E-state index contributed by atoms with van der Waals surface area (Å²) in [5.74, 6) is 0.196. The first-order valence-corrected chi connectivity index (χ1v) is 6.61. The van der Waals surface area contributed by atoms with Crippen LogP contribution in [0.2, 0.25) is 0 Å². The molecule has 2 aromatic rings. The van der Waals surface area contributed by atoms with Gasteiger partial charge in [0.1, 0.15) is 29.7 Å². The van der Waals surface area contributed by atoms with Gasteiger partial charge in [-0.15, -0.1) is 0 Å². The van der Waals surface area contributed by atoms with E-state index in [2.05, 4.69) is 15.0 Å². The molecule has 2 aromatic heterocycles. The summed E-state index contributed by atoms with van der Waals surface area (Å²) in [5, 5.41) is 30.1. The normalized spacial score (nSPS) is 31.9. The Morgan fingerprint density at radius 3 is 2.86 bits per heavy atom. The first-order valence-electron chi connectivity index (χ1n) is 6.61. The number of ether oxygens (including phenoxy) is 2. The van der Waals surface area contributed by atoms with Crippen LogP contribution in [0.1, 0.15) is 6.23 Å². The molecule has 4 atom stereocenters. The lowest BCUT2D eigenvalue weighted by Gasteiger charge is -2.28. The maximum absolute atomic E-state index is 10.3. The van der Waals surface area contributed by atoms with Crippen molar-refractivity contribution in [3.63, 3.8) is 0 Å². The quantitative estimate of drug-likeness (QED) is 0.504. The first-order chi connectivity index (χ1) is 10.5. The van der Waals surface area contributed by atoms with Crippen molar-refractivity contribution in [2.45, 2.75) is 24.0 Å². The molecule has 10 heteroatoms. The number of nitrogens with zero attached hydrogens (tertiary/aromatic N) is 4. The smallest absolute Gasteiger partial charge is 0.167 e. The van der Waals surface area contributed by atoms with Gasteiger partial charge in [0.15, 0.2) is 17.7 Å². The summed E-state index contributed by atoms with van der Waals surface area (Å²) in [7, 11) is 1.41. The van der Waals surface area contributed by atoms with E-state index in [0.29, 0.717) is 11.2 Å². The van der Waals surface area contributed by atoms with Crippen LogP contribution in [0.25, 0.3) is 11.2 Å². The number of nitrogens with two attached hydrogens (primary N) is 1. The highest BCUT2D eigenvalue weighted by Gasteiger charge is 2.55. The Morgan fingerprint density at radius 2 is 2.18 bits per heavy atom. The third kappa shape index (κ3) is 2.04. The Bertz CT molecular complexity index is 679. The molecule has 0 amide bonds. The van der Waals surface area contributed by atoms with Crippen LogP contribution in [0, 0.1) is 0 Å². The van der Waals surface area contributed by atoms with Crippen molar-refractivity contribution in [3.8, 4) is 0 Å². The predicted molar refractivity (Wildman–Crippen MR) is 73.6 cm³/mol. The monoisotopic (exact) mass is 311 g/mol. The fraction of sp³-hybridized carbons (Fsp3) is 0.583. The summed E-state index contributed by atoms with van der Waals surface area (Å²) >= 11 is 0. The van der Waals surface area contributed by atoms with Gasteiger partial charge in [-0.3, -0.25) is 4.57 Å². The molecule has 0 bridgehead atoms. The molecule has 0 saturated carbocycles. The minimum atomic E-state index is -1.42. The first kappa shape index (κ1) is 15.1. The largest absolute Gasteiger partial charge is 0.393 e. The summed E-state index contributed by atoms with van der Waals surface area (Å²) in [5.41, 5.74) is 5.01. The predicted octanol–water partition coefficient (Wildman–Crippen LogP) is -1.96. The number of rotatable bonds is 4. The highest BCUT2D eigenvalue weighted by molar-refractivity contribution is 5.81. The molecule has 0 aliphatic carbocycles. The highest BCUT2D eigenvalue weighted by Crippen LogP contribution is 2.38. The van der Waals surface area contributed by atoms with Crippen LogP contribution in [0.3, 0.4) is 0 Å². The number of aromatic nitrogens is 4. The molecule has 22 heavy (non-hydrogen) atoms. The van der Waals surface area contributed by atoms with E-state index in [9.17, 15) is 15.3 Å². The highest BCUT2D eigenvalue weighted by atomic mass is 16.6. The van der Waals surface area contributed by atoms with Crippen LogP contribution < -0.4 is 5.73 Å². The second-order valence-corrected chi connectivity index (χ2v) is 5.18. The lowest BCUT2D eigenvalue weighted by atomic mass is 9.97. The maximum atomic E-state index is 10.3. The number of fused-ring (bicyclic) bond motifs is 1.